The highest BCUT2D eigenvalue weighted by molar-refractivity contribution is 6.07. The normalized spacial score (nSPS) is 13.2. The van der Waals surface area contributed by atoms with E-state index >= 15 is 0 Å². The smallest absolute Gasteiger partial charge is 0.236 e. The van der Waals surface area contributed by atoms with Gasteiger partial charge >= 0.3 is 0 Å². The SMILES string of the molecule is Cc1ccc(N2C(=O)Cc3cc(C#N)ccc32)cc1C. The first-order valence-corrected chi connectivity index (χ1v) is 6.53. The lowest BCUT2D eigenvalue weighted by molar-refractivity contribution is -0.116. The van der Waals surface area contributed by atoms with Gasteiger partial charge in [-0.1, -0.05) is 6.07 Å². The van der Waals surface area contributed by atoms with Gasteiger partial charge in [0.05, 0.1) is 23.7 Å². The molecular formula is C17H14N2O. The zero-order chi connectivity index (χ0) is 14.3. The van der Waals surface area contributed by atoms with Crippen molar-refractivity contribution in [3.63, 3.8) is 0 Å². The van der Waals surface area contributed by atoms with Crippen LogP contribution in [-0.2, 0) is 11.2 Å². The van der Waals surface area contributed by atoms with Crippen molar-refractivity contribution >= 4 is 17.3 Å². The van der Waals surface area contributed by atoms with Crippen molar-refractivity contribution in [2.45, 2.75) is 20.3 Å². The molecule has 0 spiro atoms. The molecule has 0 atom stereocenters. The van der Waals surface area contributed by atoms with Crippen molar-refractivity contribution in [3.8, 4) is 6.07 Å². The van der Waals surface area contributed by atoms with Gasteiger partial charge in [-0.05, 0) is 60.9 Å². The number of nitrogens with zero attached hydrogens (tertiary/aromatic N) is 2. The number of hydrogen-bond donors (Lipinski definition) is 0. The van der Waals surface area contributed by atoms with E-state index in [9.17, 15) is 4.79 Å². The number of amides is 1. The Hall–Kier alpha value is -2.60. The van der Waals surface area contributed by atoms with Gasteiger partial charge in [0, 0.05) is 5.69 Å². The molecule has 1 amide bonds. The molecule has 0 unspecified atom stereocenters. The Morgan fingerprint density at radius 1 is 1.10 bits per heavy atom. The minimum Gasteiger partial charge on any atom is -0.280 e. The van der Waals surface area contributed by atoms with Gasteiger partial charge in [-0.3, -0.25) is 9.69 Å². The minimum absolute atomic E-state index is 0.0540. The number of carbonyl (C=O) groups is 1. The van der Waals surface area contributed by atoms with E-state index in [0.717, 1.165) is 22.5 Å². The van der Waals surface area contributed by atoms with Gasteiger partial charge in [-0.15, -0.1) is 0 Å². The number of fused-ring (bicyclic) bond motifs is 1. The summed E-state index contributed by atoms with van der Waals surface area (Å²) >= 11 is 0. The molecule has 0 aromatic heterocycles. The van der Waals surface area contributed by atoms with Crippen LogP contribution in [0.15, 0.2) is 36.4 Å². The fourth-order valence-electron chi connectivity index (χ4n) is 2.54. The van der Waals surface area contributed by atoms with Crippen molar-refractivity contribution in [3.05, 3.63) is 58.7 Å². The number of anilines is 2. The van der Waals surface area contributed by atoms with Gasteiger partial charge in [0.2, 0.25) is 5.91 Å². The van der Waals surface area contributed by atoms with Crippen LogP contribution in [0.2, 0.25) is 0 Å². The maximum Gasteiger partial charge on any atom is 0.236 e. The van der Waals surface area contributed by atoms with Crippen molar-refractivity contribution in [1.29, 1.82) is 5.26 Å². The Kier molecular flexibility index (Phi) is 2.80. The van der Waals surface area contributed by atoms with Gasteiger partial charge < -0.3 is 0 Å². The van der Waals surface area contributed by atoms with Crippen LogP contribution in [0.4, 0.5) is 11.4 Å². The van der Waals surface area contributed by atoms with E-state index in [4.69, 9.17) is 5.26 Å². The number of rotatable bonds is 1. The summed E-state index contributed by atoms with van der Waals surface area (Å²) < 4.78 is 0. The highest BCUT2D eigenvalue weighted by Crippen LogP contribution is 2.36. The molecule has 3 heteroatoms. The third kappa shape index (κ3) is 1.86. The first kappa shape index (κ1) is 12.4. The molecule has 20 heavy (non-hydrogen) atoms. The third-order valence-corrected chi connectivity index (χ3v) is 3.79. The lowest BCUT2D eigenvalue weighted by Crippen LogP contribution is -2.20. The number of aryl methyl sites for hydroxylation is 2. The monoisotopic (exact) mass is 262 g/mol. The number of carbonyl (C=O) groups excluding carboxylic acids is 1. The van der Waals surface area contributed by atoms with Crippen LogP contribution in [0.5, 0.6) is 0 Å². The molecule has 0 N–H and O–H groups in total. The van der Waals surface area contributed by atoms with E-state index in [0.29, 0.717) is 12.0 Å². The van der Waals surface area contributed by atoms with Gasteiger partial charge in [-0.2, -0.15) is 5.26 Å². The Labute approximate surface area is 118 Å². The lowest BCUT2D eigenvalue weighted by Gasteiger charge is -2.18. The lowest BCUT2D eigenvalue weighted by atomic mass is 10.1. The molecule has 0 aliphatic carbocycles. The molecule has 1 aliphatic rings. The van der Waals surface area contributed by atoms with Crippen LogP contribution >= 0.6 is 0 Å². The van der Waals surface area contributed by atoms with Crippen LogP contribution in [0.3, 0.4) is 0 Å². The summed E-state index contributed by atoms with van der Waals surface area (Å²) in [6.07, 6.45) is 0.359. The molecule has 98 valence electrons. The predicted molar refractivity (Wildman–Crippen MR) is 77.9 cm³/mol. The van der Waals surface area contributed by atoms with Crippen molar-refractivity contribution in [2.75, 3.05) is 4.90 Å². The fraction of sp³-hybridized carbons (Fsp3) is 0.176. The first-order valence-electron chi connectivity index (χ1n) is 6.53. The standard InChI is InChI=1S/C17H14N2O/c1-11-3-5-15(7-12(11)2)19-16-6-4-13(10-18)8-14(16)9-17(19)20/h3-8H,9H2,1-2H3. The van der Waals surface area contributed by atoms with Crippen molar-refractivity contribution in [2.24, 2.45) is 0 Å². The Bertz CT molecular complexity index is 756. The minimum atomic E-state index is 0.0540. The fourth-order valence-corrected chi connectivity index (χ4v) is 2.54. The zero-order valence-corrected chi connectivity index (χ0v) is 11.5. The molecule has 0 saturated heterocycles. The van der Waals surface area contributed by atoms with Crippen LogP contribution in [0, 0.1) is 25.2 Å². The second-order valence-electron chi connectivity index (χ2n) is 5.13. The molecule has 0 bridgehead atoms. The molecule has 0 radical (unpaired) electrons. The third-order valence-electron chi connectivity index (χ3n) is 3.79. The summed E-state index contributed by atoms with van der Waals surface area (Å²) in [6.45, 7) is 4.09. The zero-order valence-electron chi connectivity index (χ0n) is 11.5. The first-order chi connectivity index (χ1) is 9.60. The van der Waals surface area contributed by atoms with E-state index in [-0.39, 0.29) is 5.91 Å². The van der Waals surface area contributed by atoms with Crippen LogP contribution in [-0.4, -0.2) is 5.91 Å². The molecular weight excluding hydrogens is 248 g/mol. The Morgan fingerprint density at radius 3 is 2.60 bits per heavy atom. The number of nitriles is 1. The van der Waals surface area contributed by atoms with E-state index in [1.807, 2.05) is 31.2 Å². The van der Waals surface area contributed by atoms with E-state index < -0.39 is 0 Å². The van der Waals surface area contributed by atoms with E-state index in [1.165, 1.54) is 5.56 Å². The molecule has 3 nitrogen and oxygen atoms in total. The average Bonchev–Trinajstić information content (AvgIpc) is 2.76. The summed E-state index contributed by atoms with van der Waals surface area (Å²) in [4.78, 5) is 14.0. The molecule has 0 fully saturated rings. The predicted octanol–water partition coefficient (Wildman–Crippen LogP) is 3.40. The van der Waals surface area contributed by atoms with Gasteiger partial charge in [0.1, 0.15) is 0 Å². The molecule has 1 aliphatic heterocycles. The largest absolute Gasteiger partial charge is 0.280 e. The summed E-state index contributed by atoms with van der Waals surface area (Å²) in [6, 6.07) is 13.5. The summed E-state index contributed by atoms with van der Waals surface area (Å²) in [5.41, 5.74) is 5.67. The van der Waals surface area contributed by atoms with Gasteiger partial charge in [-0.25, -0.2) is 0 Å². The number of hydrogen-bond acceptors (Lipinski definition) is 2. The van der Waals surface area contributed by atoms with Crippen molar-refractivity contribution in [1.82, 2.24) is 0 Å². The van der Waals surface area contributed by atoms with Gasteiger partial charge in [0.25, 0.3) is 0 Å². The molecule has 1 heterocycles. The maximum absolute atomic E-state index is 12.3. The molecule has 2 aromatic carbocycles. The highest BCUT2D eigenvalue weighted by Gasteiger charge is 2.28. The maximum atomic E-state index is 12.3. The second kappa shape index (κ2) is 4.50. The summed E-state index contributed by atoms with van der Waals surface area (Å²) in [5, 5.41) is 8.94. The summed E-state index contributed by atoms with van der Waals surface area (Å²) in [7, 11) is 0. The number of benzene rings is 2. The average molecular weight is 262 g/mol. The molecule has 3 rings (SSSR count). The Balaban J connectivity index is 2.10. The summed E-state index contributed by atoms with van der Waals surface area (Å²) in [5.74, 6) is 0.0540. The van der Waals surface area contributed by atoms with Crippen LogP contribution in [0.25, 0.3) is 0 Å². The van der Waals surface area contributed by atoms with E-state index in [2.05, 4.69) is 13.0 Å². The molecule has 0 saturated carbocycles. The van der Waals surface area contributed by atoms with Crippen LogP contribution in [0.1, 0.15) is 22.3 Å². The van der Waals surface area contributed by atoms with E-state index in [1.54, 1.807) is 17.0 Å². The topological polar surface area (TPSA) is 44.1 Å². The van der Waals surface area contributed by atoms with Gasteiger partial charge in [0.15, 0.2) is 0 Å². The Morgan fingerprint density at radius 2 is 1.90 bits per heavy atom. The van der Waals surface area contributed by atoms with Crippen molar-refractivity contribution < 1.29 is 4.79 Å². The molecule has 2 aromatic rings. The highest BCUT2D eigenvalue weighted by atomic mass is 16.2. The quantitative estimate of drug-likeness (QED) is 0.790. The second-order valence-corrected chi connectivity index (χ2v) is 5.13. The van der Waals surface area contributed by atoms with Crippen LogP contribution < -0.4 is 4.90 Å².